The first-order chi connectivity index (χ1) is 9.59. The molecule has 0 radical (unpaired) electrons. The van der Waals surface area contributed by atoms with Crippen molar-refractivity contribution >= 4 is 17.5 Å². The Labute approximate surface area is 118 Å². The van der Waals surface area contributed by atoms with E-state index in [1.54, 1.807) is 0 Å². The number of hydrogen-bond acceptors (Lipinski definition) is 2. The van der Waals surface area contributed by atoms with E-state index in [-0.39, 0.29) is 35.5 Å². The van der Waals surface area contributed by atoms with Crippen molar-refractivity contribution in [3.63, 3.8) is 0 Å². The Morgan fingerprint density at radius 1 is 1.00 bits per heavy atom. The Kier molecular flexibility index (Phi) is 2.27. The van der Waals surface area contributed by atoms with Crippen LogP contribution in [0.1, 0.15) is 17.5 Å². The zero-order chi connectivity index (χ0) is 14.0. The number of nitrogens with zero attached hydrogens (tertiary/aromatic N) is 1. The van der Waals surface area contributed by atoms with Crippen molar-refractivity contribution in [3.05, 3.63) is 41.5 Å². The van der Waals surface area contributed by atoms with Gasteiger partial charge in [-0.25, -0.2) is 4.90 Å². The number of hydrogen-bond donors (Lipinski definition) is 0. The molecule has 0 N–H and O–H groups in total. The monoisotopic (exact) mass is 267 g/mol. The van der Waals surface area contributed by atoms with Crippen LogP contribution in [0, 0.1) is 37.5 Å². The van der Waals surface area contributed by atoms with E-state index in [1.165, 1.54) is 4.90 Å². The fraction of sp³-hybridized carbons (Fsp3) is 0.412. The van der Waals surface area contributed by atoms with Crippen LogP contribution in [0.4, 0.5) is 5.69 Å². The predicted octanol–water partition coefficient (Wildman–Crippen LogP) is 2.61. The molecule has 2 bridgehead atoms. The Balaban J connectivity index is 1.80. The maximum atomic E-state index is 12.7. The second-order valence-corrected chi connectivity index (χ2v) is 6.23. The quantitative estimate of drug-likeness (QED) is 0.579. The first-order valence-electron chi connectivity index (χ1n) is 7.22. The van der Waals surface area contributed by atoms with Gasteiger partial charge in [0.25, 0.3) is 0 Å². The highest BCUT2D eigenvalue weighted by Crippen LogP contribution is 2.53. The van der Waals surface area contributed by atoms with Gasteiger partial charge >= 0.3 is 0 Å². The van der Waals surface area contributed by atoms with E-state index in [0.717, 1.165) is 23.2 Å². The average molecular weight is 267 g/mol. The molecular weight excluding hydrogens is 250 g/mol. The second kappa shape index (κ2) is 3.81. The fourth-order valence-electron chi connectivity index (χ4n) is 4.12. The molecule has 2 fully saturated rings. The van der Waals surface area contributed by atoms with Gasteiger partial charge in [0.15, 0.2) is 0 Å². The Morgan fingerprint density at radius 3 is 2.20 bits per heavy atom. The molecule has 0 unspecified atom stereocenters. The topological polar surface area (TPSA) is 37.4 Å². The number of allylic oxidation sites excluding steroid dienone is 2. The summed E-state index contributed by atoms with van der Waals surface area (Å²) in [5.41, 5.74) is 2.91. The van der Waals surface area contributed by atoms with Gasteiger partial charge in [-0.1, -0.05) is 24.3 Å². The minimum atomic E-state index is -0.114. The number of amides is 2. The predicted molar refractivity (Wildman–Crippen MR) is 76.1 cm³/mol. The van der Waals surface area contributed by atoms with Gasteiger partial charge in [0, 0.05) is 0 Å². The van der Waals surface area contributed by atoms with Gasteiger partial charge in [-0.3, -0.25) is 9.59 Å². The SMILES string of the molecule is Cc1cccc(N2C(=O)[C@@H]3[C@@H](C2=O)[C@H]2C=C[C@H]3C2)c1C. The molecular formula is C17H17NO2. The van der Waals surface area contributed by atoms with Crippen molar-refractivity contribution < 1.29 is 9.59 Å². The third-order valence-electron chi connectivity index (χ3n) is 5.29. The van der Waals surface area contributed by atoms with Crippen molar-refractivity contribution in [2.45, 2.75) is 20.3 Å². The lowest BCUT2D eigenvalue weighted by molar-refractivity contribution is -0.123. The van der Waals surface area contributed by atoms with Gasteiger partial charge in [0.05, 0.1) is 17.5 Å². The first-order valence-corrected chi connectivity index (χ1v) is 7.22. The summed E-state index contributed by atoms with van der Waals surface area (Å²) in [6, 6.07) is 5.81. The van der Waals surface area contributed by atoms with Crippen molar-refractivity contribution in [2.75, 3.05) is 4.90 Å². The van der Waals surface area contributed by atoms with E-state index in [4.69, 9.17) is 0 Å². The van der Waals surface area contributed by atoms with Gasteiger partial charge in [-0.15, -0.1) is 0 Å². The lowest BCUT2D eigenvalue weighted by Gasteiger charge is -2.20. The fourth-order valence-corrected chi connectivity index (χ4v) is 4.12. The molecule has 0 aromatic heterocycles. The summed E-state index contributed by atoms with van der Waals surface area (Å²) >= 11 is 0. The van der Waals surface area contributed by atoms with Crippen LogP contribution in [0.5, 0.6) is 0 Å². The van der Waals surface area contributed by atoms with Crippen molar-refractivity contribution in [1.29, 1.82) is 0 Å². The number of imide groups is 1. The maximum absolute atomic E-state index is 12.7. The highest BCUT2D eigenvalue weighted by atomic mass is 16.2. The van der Waals surface area contributed by atoms with Gasteiger partial charge < -0.3 is 0 Å². The molecule has 3 aliphatic rings. The Bertz CT molecular complexity index is 631. The van der Waals surface area contributed by atoms with E-state index in [9.17, 15) is 9.59 Å². The summed E-state index contributed by atoms with van der Waals surface area (Å²) in [5.74, 6) is 0.332. The summed E-state index contributed by atoms with van der Waals surface area (Å²) in [7, 11) is 0. The lowest BCUT2D eigenvalue weighted by atomic mass is 9.85. The van der Waals surface area contributed by atoms with Crippen LogP contribution in [0.25, 0.3) is 0 Å². The molecule has 2 amide bonds. The summed E-state index contributed by atoms with van der Waals surface area (Å²) in [4.78, 5) is 26.9. The molecule has 4 rings (SSSR count). The van der Waals surface area contributed by atoms with E-state index >= 15 is 0 Å². The number of carbonyl (C=O) groups excluding carboxylic acids is 2. The molecule has 1 heterocycles. The number of benzene rings is 1. The van der Waals surface area contributed by atoms with E-state index in [1.807, 2.05) is 32.0 Å². The highest BCUT2D eigenvalue weighted by Gasteiger charge is 2.59. The number of fused-ring (bicyclic) bond motifs is 5. The van der Waals surface area contributed by atoms with Gasteiger partial charge in [0.2, 0.25) is 11.8 Å². The summed E-state index contributed by atoms with van der Waals surface area (Å²) in [5, 5.41) is 0. The van der Waals surface area contributed by atoms with Gasteiger partial charge in [0.1, 0.15) is 0 Å². The molecule has 1 saturated carbocycles. The second-order valence-electron chi connectivity index (χ2n) is 6.23. The average Bonchev–Trinajstić information content (AvgIpc) is 3.09. The zero-order valence-corrected chi connectivity index (χ0v) is 11.7. The summed E-state index contributed by atoms with van der Waals surface area (Å²) in [6.45, 7) is 3.99. The van der Waals surface area contributed by atoms with Crippen molar-refractivity contribution in [1.82, 2.24) is 0 Å². The van der Waals surface area contributed by atoms with Crippen molar-refractivity contribution in [3.8, 4) is 0 Å². The van der Waals surface area contributed by atoms with Crippen LogP contribution >= 0.6 is 0 Å². The van der Waals surface area contributed by atoms with E-state index < -0.39 is 0 Å². The molecule has 3 nitrogen and oxygen atoms in total. The van der Waals surface area contributed by atoms with Crippen molar-refractivity contribution in [2.24, 2.45) is 23.7 Å². The molecule has 1 saturated heterocycles. The molecule has 1 aliphatic heterocycles. The molecule has 2 aliphatic carbocycles. The van der Waals surface area contributed by atoms with Crippen LogP contribution in [0.2, 0.25) is 0 Å². The largest absolute Gasteiger partial charge is 0.274 e. The Morgan fingerprint density at radius 2 is 1.60 bits per heavy atom. The van der Waals surface area contributed by atoms with Crippen LogP contribution in [0.3, 0.4) is 0 Å². The molecule has 3 heteroatoms. The molecule has 1 aromatic carbocycles. The summed E-state index contributed by atoms with van der Waals surface area (Å²) in [6.07, 6.45) is 5.24. The highest BCUT2D eigenvalue weighted by molar-refractivity contribution is 6.23. The van der Waals surface area contributed by atoms with E-state index in [2.05, 4.69) is 12.2 Å². The first kappa shape index (κ1) is 11.9. The van der Waals surface area contributed by atoms with Crippen LogP contribution < -0.4 is 4.90 Å². The molecule has 102 valence electrons. The normalized spacial score (nSPS) is 34.2. The smallest absolute Gasteiger partial charge is 0.238 e. The van der Waals surface area contributed by atoms with E-state index in [0.29, 0.717) is 0 Å². The third-order valence-corrected chi connectivity index (χ3v) is 5.29. The zero-order valence-electron chi connectivity index (χ0n) is 11.7. The standard InChI is InChI=1S/C17H17NO2/c1-9-4-3-5-13(10(9)2)18-16(19)14-11-6-7-12(8-11)15(14)17(18)20/h3-7,11-12,14-15H,8H2,1-2H3/t11-,12-,14-,15-/m0/s1. The number of carbonyl (C=O) groups is 2. The van der Waals surface area contributed by atoms with Gasteiger partial charge in [-0.2, -0.15) is 0 Å². The number of rotatable bonds is 1. The summed E-state index contributed by atoms with van der Waals surface area (Å²) < 4.78 is 0. The van der Waals surface area contributed by atoms with Crippen LogP contribution in [-0.2, 0) is 9.59 Å². The maximum Gasteiger partial charge on any atom is 0.238 e. The third kappa shape index (κ3) is 1.30. The van der Waals surface area contributed by atoms with Crippen LogP contribution in [-0.4, -0.2) is 11.8 Å². The minimum absolute atomic E-state index is 0.00514. The molecule has 20 heavy (non-hydrogen) atoms. The van der Waals surface area contributed by atoms with Gasteiger partial charge in [-0.05, 0) is 49.3 Å². The molecule has 0 spiro atoms. The molecule has 4 atom stereocenters. The minimum Gasteiger partial charge on any atom is -0.274 e. The van der Waals surface area contributed by atoms with Crippen LogP contribution in [0.15, 0.2) is 30.4 Å². The Hall–Kier alpha value is -1.90. The molecule has 1 aromatic rings. The number of aryl methyl sites for hydroxylation is 1. The lowest BCUT2D eigenvalue weighted by Crippen LogP contribution is -2.33. The number of anilines is 1.